The molecule has 20 heavy (non-hydrogen) atoms. The molecule has 0 amide bonds. The third-order valence-corrected chi connectivity index (χ3v) is 3.95. The minimum absolute atomic E-state index is 0.0537. The highest BCUT2D eigenvalue weighted by Crippen LogP contribution is 2.50. The van der Waals surface area contributed by atoms with Gasteiger partial charge in [0.25, 0.3) is 0 Å². The number of fused-ring (bicyclic) bond motifs is 1. The Morgan fingerprint density at radius 3 is 2.55 bits per heavy atom. The van der Waals surface area contributed by atoms with Crippen LogP contribution in [0.15, 0.2) is 46.1 Å². The van der Waals surface area contributed by atoms with E-state index in [0.29, 0.717) is 11.0 Å². The maximum Gasteiger partial charge on any atom is 0.529 e. The van der Waals surface area contributed by atoms with Gasteiger partial charge in [0.1, 0.15) is 16.9 Å². The van der Waals surface area contributed by atoms with Gasteiger partial charge in [-0.15, -0.1) is 0 Å². The van der Waals surface area contributed by atoms with E-state index < -0.39 is 13.4 Å². The van der Waals surface area contributed by atoms with E-state index in [1.165, 1.54) is 14.2 Å². The van der Waals surface area contributed by atoms with Crippen LogP contribution in [0.25, 0.3) is 16.7 Å². The first-order valence-corrected chi connectivity index (χ1v) is 7.08. The average Bonchev–Trinajstić information content (AvgIpc) is 2.46. The summed E-state index contributed by atoms with van der Waals surface area (Å²) in [5, 5.41) is 0.691. The van der Waals surface area contributed by atoms with Crippen molar-refractivity contribution in [1.29, 1.82) is 0 Å². The highest BCUT2D eigenvalue weighted by atomic mass is 31.2. The predicted molar refractivity (Wildman–Crippen MR) is 74.2 cm³/mol. The summed E-state index contributed by atoms with van der Waals surface area (Å²) < 4.78 is 31.2. The van der Waals surface area contributed by atoms with Gasteiger partial charge in [0.05, 0.1) is 0 Å². The fraction of sp³-hybridized carbons (Fsp3) is 0.154. The van der Waals surface area contributed by atoms with E-state index in [9.17, 15) is 9.36 Å². The minimum Gasteiger partial charge on any atom is -0.422 e. The van der Waals surface area contributed by atoms with Gasteiger partial charge in [-0.25, -0.2) is 9.36 Å². The summed E-state index contributed by atoms with van der Waals surface area (Å²) in [5.41, 5.74) is -0.152. The van der Waals surface area contributed by atoms with Crippen molar-refractivity contribution in [3.8, 4) is 0 Å². The maximum atomic E-state index is 11.9. The van der Waals surface area contributed by atoms with Crippen LogP contribution in [0.4, 0.5) is 0 Å². The second-order valence-electron chi connectivity index (χ2n) is 3.81. The van der Waals surface area contributed by atoms with Crippen molar-refractivity contribution in [2.75, 3.05) is 14.2 Å². The van der Waals surface area contributed by atoms with Gasteiger partial charge in [-0.1, -0.05) is 24.8 Å². The summed E-state index contributed by atoms with van der Waals surface area (Å²) in [4.78, 5) is 11.9. The van der Waals surface area contributed by atoms with Gasteiger partial charge in [0, 0.05) is 19.6 Å². The van der Waals surface area contributed by atoms with Crippen LogP contribution in [-0.2, 0) is 18.1 Å². The van der Waals surface area contributed by atoms with Crippen molar-refractivity contribution >= 4 is 24.6 Å². The first kappa shape index (κ1) is 14.5. The molecule has 1 aromatic carbocycles. The average molecular weight is 296 g/mol. The molecule has 0 aliphatic carbocycles. The monoisotopic (exact) mass is 296 g/mol. The summed E-state index contributed by atoms with van der Waals surface area (Å²) in [5.74, 6) is -0.142. The molecule has 0 saturated heterocycles. The van der Waals surface area contributed by atoms with E-state index in [0.717, 1.165) is 0 Å². The van der Waals surface area contributed by atoms with E-state index in [1.54, 1.807) is 30.3 Å². The largest absolute Gasteiger partial charge is 0.529 e. The van der Waals surface area contributed by atoms with Crippen LogP contribution in [0, 0.1) is 0 Å². The normalized spacial score (nSPS) is 11.5. The molecule has 0 aliphatic rings. The Morgan fingerprint density at radius 1 is 1.25 bits per heavy atom. The molecule has 1 aromatic heterocycles. The second-order valence-corrected chi connectivity index (χ2v) is 5.62. The number of rotatable bonds is 5. The van der Waals surface area contributed by atoms with Crippen LogP contribution >= 0.6 is 7.82 Å². The quantitative estimate of drug-likeness (QED) is 0.479. The number of phosphoric acid groups is 1. The SMILES string of the molecule is C=C(OP(=O)(OC)OC)c1cc2ccccc2oc1=O. The number of hydrogen-bond donors (Lipinski definition) is 0. The summed E-state index contributed by atoms with van der Waals surface area (Å²) >= 11 is 0. The highest BCUT2D eigenvalue weighted by molar-refractivity contribution is 7.48. The van der Waals surface area contributed by atoms with Gasteiger partial charge in [-0.2, -0.15) is 0 Å². The molecule has 6 nitrogen and oxygen atoms in total. The lowest BCUT2D eigenvalue weighted by atomic mass is 10.2. The molecule has 0 spiro atoms. The van der Waals surface area contributed by atoms with Crippen LogP contribution < -0.4 is 5.63 Å². The maximum absolute atomic E-state index is 11.9. The van der Waals surface area contributed by atoms with Gasteiger partial charge in [0.2, 0.25) is 0 Å². The van der Waals surface area contributed by atoms with Crippen molar-refractivity contribution in [1.82, 2.24) is 0 Å². The standard InChI is InChI=1S/C13H13O6P/c1-9(19-20(15,16-2)17-3)11-8-10-6-4-5-7-12(10)18-13(11)14/h4-8H,1H2,2-3H3. The molecular weight excluding hydrogens is 283 g/mol. The van der Waals surface area contributed by atoms with Crippen molar-refractivity contribution in [3.05, 3.63) is 52.9 Å². The van der Waals surface area contributed by atoms with Gasteiger partial charge in [-0.05, 0) is 12.1 Å². The van der Waals surface area contributed by atoms with Gasteiger partial charge >= 0.3 is 13.4 Å². The van der Waals surface area contributed by atoms with E-state index >= 15 is 0 Å². The van der Waals surface area contributed by atoms with Crippen LogP contribution in [0.3, 0.4) is 0 Å². The number of phosphoric ester groups is 1. The molecule has 0 aliphatic heterocycles. The van der Waals surface area contributed by atoms with Crippen LogP contribution in [0.1, 0.15) is 5.56 Å². The Labute approximate surface area is 115 Å². The van der Waals surface area contributed by atoms with E-state index in [4.69, 9.17) is 8.94 Å². The predicted octanol–water partition coefficient (Wildman–Crippen LogP) is 3.18. The summed E-state index contributed by atoms with van der Waals surface area (Å²) in [7, 11) is -1.43. The molecule has 0 atom stereocenters. The van der Waals surface area contributed by atoms with Crippen molar-refractivity contribution in [2.45, 2.75) is 0 Å². The first-order chi connectivity index (χ1) is 9.49. The number of para-hydroxylation sites is 1. The fourth-order valence-corrected chi connectivity index (χ4v) is 2.26. The Kier molecular flexibility index (Phi) is 4.09. The third-order valence-electron chi connectivity index (χ3n) is 2.61. The summed E-state index contributed by atoms with van der Waals surface area (Å²) in [6.45, 7) is 3.56. The second kappa shape index (κ2) is 5.63. The van der Waals surface area contributed by atoms with Crippen LogP contribution in [0.2, 0.25) is 0 Å². The van der Waals surface area contributed by atoms with Gasteiger partial charge in [0.15, 0.2) is 0 Å². The molecule has 0 saturated carbocycles. The van der Waals surface area contributed by atoms with Crippen LogP contribution in [-0.4, -0.2) is 14.2 Å². The van der Waals surface area contributed by atoms with Crippen molar-refractivity contribution < 1.29 is 22.6 Å². The molecule has 0 fully saturated rings. The topological polar surface area (TPSA) is 75.0 Å². The minimum atomic E-state index is -3.76. The first-order valence-electron chi connectivity index (χ1n) is 5.62. The Morgan fingerprint density at radius 2 is 1.90 bits per heavy atom. The highest BCUT2D eigenvalue weighted by Gasteiger charge is 2.27. The molecular formula is C13H13O6P. The fourth-order valence-electron chi connectivity index (χ4n) is 1.59. The van der Waals surface area contributed by atoms with E-state index in [-0.39, 0.29) is 11.3 Å². The third kappa shape index (κ3) is 2.82. The molecule has 0 radical (unpaired) electrons. The summed E-state index contributed by atoms with van der Waals surface area (Å²) in [6, 6.07) is 8.52. The number of benzene rings is 1. The van der Waals surface area contributed by atoms with Gasteiger partial charge < -0.3 is 8.94 Å². The Bertz CT molecular complexity index is 740. The summed E-state index contributed by atoms with van der Waals surface area (Å²) in [6.07, 6.45) is 0. The lowest BCUT2D eigenvalue weighted by Gasteiger charge is -2.15. The molecule has 0 bridgehead atoms. The molecule has 1 heterocycles. The zero-order valence-electron chi connectivity index (χ0n) is 11.0. The van der Waals surface area contributed by atoms with Crippen molar-refractivity contribution in [2.24, 2.45) is 0 Å². The molecule has 106 valence electrons. The van der Waals surface area contributed by atoms with E-state index in [2.05, 4.69) is 15.6 Å². The lowest BCUT2D eigenvalue weighted by Crippen LogP contribution is -2.07. The smallest absolute Gasteiger partial charge is 0.422 e. The zero-order valence-corrected chi connectivity index (χ0v) is 11.9. The van der Waals surface area contributed by atoms with Crippen LogP contribution in [0.5, 0.6) is 0 Å². The Hall–Kier alpha value is -1.88. The lowest BCUT2D eigenvalue weighted by molar-refractivity contribution is 0.201. The van der Waals surface area contributed by atoms with Crippen molar-refractivity contribution in [3.63, 3.8) is 0 Å². The number of hydrogen-bond acceptors (Lipinski definition) is 6. The molecule has 0 N–H and O–H groups in total. The Balaban J connectivity index is 2.42. The van der Waals surface area contributed by atoms with Gasteiger partial charge in [-0.3, -0.25) is 9.05 Å². The molecule has 7 heteroatoms. The molecule has 2 aromatic rings. The molecule has 2 rings (SSSR count). The zero-order chi connectivity index (χ0) is 14.8. The molecule has 0 unspecified atom stereocenters. The van der Waals surface area contributed by atoms with E-state index in [1.807, 2.05) is 0 Å².